The molecule has 2 aromatic carbocycles. The summed E-state index contributed by atoms with van der Waals surface area (Å²) in [5.41, 5.74) is 0.277. The fraction of sp³-hybridized carbons (Fsp3) is 0.409. The van der Waals surface area contributed by atoms with E-state index >= 15 is 0 Å². The number of likely N-dealkylation sites (tertiary alicyclic amines) is 1. The summed E-state index contributed by atoms with van der Waals surface area (Å²) in [6.07, 6.45) is -1.92. The Hall–Kier alpha value is -1.83. The van der Waals surface area contributed by atoms with Crippen LogP contribution in [0.1, 0.15) is 24.0 Å². The van der Waals surface area contributed by atoms with Crippen LogP contribution < -0.4 is 5.32 Å². The van der Waals surface area contributed by atoms with E-state index in [4.69, 9.17) is 23.8 Å². The third-order valence-corrected chi connectivity index (χ3v) is 5.97. The van der Waals surface area contributed by atoms with Crippen LogP contribution in [0.15, 0.2) is 48.5 Å². The lowest BCUT2D eigenvalue weighted by atomic mass is 10.0. The summed E-state index contributed by atoms with van der Waals surface area (Å²) in [5, 5.41) is 3.20. The number of hydrogen-bond acceptors (Lipinski definition) is 2. The molecule has 0 unspecified atom stereocenters. The minimum atomic E-state index is -4.52. The highest BCUT2D eigenvalue weighted by atomic mass is 35.5. The molecular formula is C22H25ClF3N3S. The van der Waals surface area contributed by atoms with Crippen molar-refractivity contribution in [3.8, 4) is 0 Å². The van der Waals surface area contributed by atoms with Crippen molar-refractivity contribution in [3.05, 3.63) is 64.7 Å². The lowest BCUT2D eigenvalue weighted by Crippen LogP contribution is -2.48. The number of anilines is 1. The number of piperidine rings is 1. The summed E-state index contributed by atoms with van der Waals surface area (Å²) >= 11 is 11.4. The molecular weight excluding hydrogens is 431 g/mol. The standard InChI is InChI=1S/C22H25ClF3N3S/c1-28-12-10-18(11-13-28)29(14-9-16-5-3-2-4-6-16)21(30)27-20-8-7-17(23)15-19(20)22(24,25)26/h2-8,15,18H,9-14H2,1H3,(H,27,30). The van der Waals surface area contributed by atoms with Crippen LogP contribution in [0.3, 0.4) is 0 Å². The van der Waals surface area contributed by atoms with Crippen LogP contribution in [0.2, 0.25) is 5.02 Å². The van der Waals surface area contributed by atoms with E-state index in [1.54, 1.807) is 0 Å². The van der Waals surface area contributed by atoms with Gasteiger partial charge in [-0.15, -0.1) is 0 Å². The minimum Gasteiger partial charge on any atom is -0.346 e. The molecule has 2 aromatic rings. The van der Waals surface area contributed by atoms with Crippen LogP contribution in [0, 0.1) is 0 Å². The molecule has 0 amide bonds. The first-order valence-corrected chi connectivity index (χ1v) is 10.7. The van der Waals surface area contributed by atoms with Gasteiger partial charge in [0.05, 0.1) is 11.3 Å². The van der Waals surface area contributed by atoms with Gasteiger partial charge in [-0.3, -0.25) is 0 Å². The van der Waals surface area contributed by atoms with E-state index in [-0.39, 0.29) is 16.8 Å². The predicted molar refractivity (Wildman–Crippen MR) is 120 cm³/mol. The highest BCUT2D eigenvalue weighted by Crippen LogP contribution is 2.36. The molecule has 3 rings (SSSR count). The summed E-state index contributed by atoms with van der Waals surface area (Å²) < 4.78 is 40.5. The van der Waals surface area contributed by atoms with Crippen molar-refractivity contribution in [2.45, 2.75) is 31.5 Å². The minimum absolute atomic E-state index is 0.0371. The number of thiocarbonyl (C=S) groups is 1. The number of benzene rings is 2. The maximum absolute atomic E-state index is 13.5. The zero-order valence-corrected chi connectivity index (χ0v) is 18.3. The van der Waals surface area contributed by atoms with Gasteiger partial charge >= 0.3 is 6.18 Å². The summed E-state index contributed by atoms with van der Waals surface area (Å²) in [6.45, 7) is 2.51. The van der Waals surface area contributed by atoms with E-state index in [1.165, 1.54) is 17.7 Å². The van der Waals surface area contributed by atoms with Crippen molar-refractivity contribution < 1.29 is 13.2 Å². The van der Waals surface area contributed by atoms with E-state index < -0.39 is 11.7 Å². The van der Waals surface area contributed by atoms with Gasteiger partial charge < -0.3 is 15.1 Å². The third-order valence-electron chi connectivity index (χ3n) is 5.40. The van der Waals surface area contributed by atoms with Crippen LogP contribution in [-0.4, -0.2) is 47.6 Å². The van der Waals surface area contributed by atoms with Crippen molar-refractivity contribution in [2.24, 2.45) is 0 Å². The SMILES string of the molecule is CN1CCC(N(CCc2ccccc2)C(=S)Nc2ccc(Cl)cc2C(F)(F)F)CC1. The second-order valence-corrected chi connectivity index (χ2v) is 8.40. The Kier molecular flexibility index (Phi) is 7.60. The number of rotatable bonds is 5. The molecule has 3 nitrogen and oxygen atoms in total. The first-order valence-electron chi connectivity index (χ1n) is 9.91. The van der Waals surface area contributed by atoms with Gasteiger partial charge in [0, 0.05) is 17.6 Å². The predicted octanol–water partition coefficient (Wildman–Crippen LogP) is 5.69. The van der Waals surface area contributed by atoms with Gasteiger partial charge in [-0.2, -0.15) is 13.2 Å². The van der Waals surface area contributed by atoms with E-state index in [2.05, 4.69) is 17.3 Å². The highest BCUT2D eigenvalue weighted by Gasteiger charge is 2.34. The van der Waals surface area contributed by atoms with E-state index in [0.717, 1.165) is 38.4 Å². The van der Waals surface area contributed by atoms with Crippen LogP contribution in [0.5, 0.6) is 0 Å². The number of alkyl halides is 3. The molecule has 162 valence electrons. The van der Waals surface area contributed by atoms with Crippen molar-refractivity contribution in [2.75, 3.05) is 32.0 Å². The van der Waals surface area contributed by atoms with Crippen LogP contribution in [0.4, 0.5) is 18.9 Å². The largest absolute Gasteiger partial charge is 0.418 e. The Morgan fingerprint density at radius 2 is 1.83 bits per heavy atom. The molecule has 1 heterocycles. The summed E-state index contributed by atoms with van der Waals surface area (Å²) in [4.78, 5) is 4.30. The van der Waals surface area contributed by atoms with Crippen molar-refractivity contribution in [1.29, 1.82) is 0 Å². The molecule has 0 aromatic heterocycles. The molecule has 0 spiro atoms. The first kappa shape index (κ1) is 22.8. The van der Waals surface area contributed by atoms with Crippen LogP contribution in [-0.2, 0) is 12.6 Å². The summed E-state index contributed by atoms with van der Waals surface area (Å²) in [7, 11) is 2.07. The fourth-order valence-corrected chi connectivity index (χ4v) is 4.22. The number of hydrogen-bond donors (Lipinski definition) is 1. The molecule has 1 saturated heterocycles. The van der Waals surface area contributed by atoms with Gasteiger partial charge in [0.15, 0.2) is 5.11 Å². The average Bonchev–Trinajstić information content (AvgIpc) is 2.71. The Bertz CT molecular complexity index is 852. The molecule has 0 bridgehead atoms. The fourth-order valence-electron chi connectivity index (χ4n) is 3.70. The van der Waals surface area contributed by atoms with Gasteiger partial charge in [-0.05, 0) is 75.4 Å². The third kappa shape index (κ3) is 6.09. The zero-order chi connectivity index (χ0) is 21.7. The Balaban J connectivity index is 1.79. The Labute approximate surface area is 185 Å². The summed E-state index contributed by atoms with van der Waals surface area (Å²) in [5.74, 6) is 0. The van der Waals surface area contributed by atoms with E-state index in [9.17, 15) is 13.2 Å². The highest BCUT2D eigenvalue weighted by molar-refractivity contribution is 7.80. The molecule has 1 aliphatic rings. The molecule has 1 fully saturated rings. The van der Waals surface area contributed by atoms with Gasteiger partial charge in [-0.1, -0.05) is 41.9 Å². The average molecular weight is 456 g/mol. The first-order chi connectivity index (χ1) is 14.2. The molecule has 30 heavy (non-hydrogen) atoms. The van der Waals surface area contributed by atoms with E-state index in [0.29, 0.717) is 11.7 Å². The number of halogens is 4. The molecule has 1 N–H and O–H groups in total. The second-order valence-electron chi connectivity index (χ2n) is 7.58. The van der Waals surface area contributed by atoms with Crippen molar-refractivity contribution in [3.63, 3.8) is 0 Å². The number of nitrogens with one attached hydrogen (secondary N) is 1. The van der Waals surface area contributed by atoms with Gasteiger partial charge in [-0.25, -0.2) is 0 Å². The molecule has 1 aliphatic heterocycles. The quantitative estimate of drug-likeness (QED) is 0.583. The van der Waals surface area contributed by atoms with Crippen molar-refractivity contribution >= 4 is 34.6 Å². The maximum atomic E-state index is 13.5. The second kappa shape index (κ2) is 9.98. The van der Waals surface area contributed by atoms with E-state index in [1.807, 2.05) is 35.2 Å². The smallest absolute Gasteiger partial charge is 0.346 e. The monoisotopic (exact) mass is 455 g/mol. The number of nitrogens with zero attached hydrogens (tertiary/aromatic N) is 2. The Morgan fingerprint density at radius 3 is 2.47 bits per heavy atom. The van der Waals surface area contributed by atoms with Gasteiger partial charge in [0.25, 0.3) is 0 Å². The zero-order valence-electron chi connectivity index (χ0n) is 16.8. The molecule has 0 radical (unpaired) electrons. The topological polar surface area (TPSA) is 18.5 Å². The lowest BCUT2D eigenvalue weighted by molar-refractivity contribution is -0.136. The Morgan fingerprint density at radius 1 is 1.17 bits per heavy atom. The van der Waals surface area contributed by atoms with Crippen LogP contribution in [0.25, 0.3) is 0 Å². The van der Waals surface area contributed by atoms with Crippen LogP contribution >= 0.6 is 23.8 Å². The molecule has 8 heteroatoms. The van der Waals surface area contributed by atoms with Crippen molar-refractivity contribution in [1.82, 2.24) is 9.80 Å². The van der Waals surface area contributed by atoms with Gasteiger partial charge in [0.1, 0.15) is 0 Å². The molecule has 0 saturated carbocycles. The van der Waals surface area contributed by atoms with Gasteiger partial charge in [0.2, 0.25) is 0 Å². The normalized spacial score (nSPS) is 15.8. The summed E-state index contributed by atoms with van der Waals surface area (Å²) in [6, 6.07) is 13.9. The maximum Gasteiger partial charge on any atom is 0.418 e. The lowest BCUT2D eigenvalue weighted by Gasteiger charge is -2.39. The molecule has 0 atom stereocenters. The molecule has 0 aliphatic carbocycles.